The molecule has 0 saturated carbocycles. The number of Topliss-reactive ketones (excluding diaryl/α,β-unsaturated/α-hetero) is 1. The van der Waals surface area contributed by atoms with Crippen LogP contribution in [0.4, 0.5) is 13.2 Å². The molecule has 1 rings (SSSR count). The number of alkyl halides is 4. The van der Waals surface area contributed by atoms with Crippen LogP contribution in [0.2, 0.25) is 0 Å². The average Bonchev–Trinajstić information content (AvgIpc) is 2.20. The van der Waals surface area contributed by atoms with Gasteiger partial charge in [-0.05, 0) is 33.6 Å². The van der Waals surface area contributed by atoms with E-state index in [4.69, 9.17) is 11.6 Å². The summed E-state index contributed by atoms with van der Waals surface area (Å²) in [5.41, 5.74) is 0.567. The van der Waals surface area contributed by atoms with Crippen LogP contribution < -0.4 is 4.74 Å². The van der Waals surface area contributed by atoms with Crippen molar-refractivity contribution in [3.8, 4) is 5.75 Å². The van der Waals surface area contributed by atoms with Crippen molar-refractivity contribution in [3.63, 3.8) is 0 Å². The Morgan fingerprint density at radius 1 is 1.41 bits per heavy atom. The first-order valence-electron chi connectivity index (χ1n) is 4.43. The van der Waals surface area contributed by atoms with E-state index >= 15 is 0 Å². The number of carbonyl (C=O) groups excluding carboxylic acids is 1. The number of halogens is 5. The van der Waals surface area contributed by atoms with E-state index in [9.17, 15) is 18.0 Å². The molecule has 1 aromatic carbocycles. The van der Waals surface area contributed by atoms with E-state index in [0.717, 1.165) is 6.07 Å². The first kappa shape index (κ1) is 14.3. The molecule has 7 heteroatoms. The number of rotatable bonds is 4. The third-order valence-corrected chi connectivity index (χ3v) is 2.69. The van der Waals surface area contributed by atoms with Crippen LogP contribution in [0.15, 0.2) is 22.7 Å². The highest BCUT2D eigenvalue weighted by atomic mass is 79.9. The molecule has 0 heterocycles. The highest BCUT2D eigenvalue weighted by Crippen LogP contribution is 2.31. The Morgan fingerprint density at radius 3 is 2.53 bits per heavy atom. The summed E-state index contributed by atoms with van der Waals surface area (Å²) < 4.78 is 39.8. The topological polar surface area (TPSA) is 26.3 Å². The first-order valence-corrected chi connectivity index (χ1v) is 5.76. The molecule has 0 atom stereocenters. The standard InChI is InChI=1S/C10H7BrClF3O2/c11-8-4-6(3-7(16)5-12)1-2-9(8)17-10(13,14)15/h1-2,4H,3,5H2. The Balaban J connectivity index is 2.83. The second kappa shape index (κ2) is 5.73. The van der Waals surface area contributed by atoms with E-state index < -0.39 is 6.36 Å². The van der Waals surface area contributed by atoms with Crippen LogP contribution in [0.5, 0.6) is 5.75 Å². The van der Waals surface area contributed by atoms with Crippen LogP contribution in [-0.2, 0) is 11.2 Å². The number of hydrogen-bond acceptors (Lipinski definition) is 2. The average molecular weight is 332 g/mol. The van der Waals surface area contributed by atoms with Gasteiger partial charge in [-0.15, -0.1) is 24.8 Å². The Morgan fingerprint density at radius 2 is 2.06 bits per heavy atom. The van der Waals surface area contributed by atoms with Gasteiger partial charge in [0.2, 0.25) is 0 Å². The summed E-state index contributed by atoms with van der Waals surface area (Å²) in [7, 11) is 0. The van der Waals surface area contributed by atoms with Gasteiger partial charge in [0, 0.05) is 6.42 Å². The lowest BCUT2D eigenvalue weighted by molar-refractivity contribution is -0.274. The predicted molar refractivity (Wildman–Crippen MR) is 60.3 cm³/mol. The molecule has 1 aromatic rings. The SMILES string of the molecule is O=C(CCl)Cc1ccc(OC(F)(F)F)c(Br)c1. The summed E-state index contributed by atoms with van der Waals surface area (Å²) in [4.78, 5) is 11.0. The van der Waals surface area contributed by atoms with Crippen LogP contribution in [0.1, 0.15) is 5.56 Å². The number of hydrogen-bond donors (Lipinski definition) is 0. The van der Waals surface area contributed by atoms with Crippen LogP contribution >= 0.6 is 27.5 Å². The second-order valence-corrected chi connectivity index (χ2v) is 4.28. The van der Waals surface area contributed by atoms with Gasteiger partial charge in [0.15, 0.2) is 5.78 Å². The zero-order valence-corrected chi connectivity index (χ0v) is 10.7. The van der Waals surface area contributed by atoms with E-state index in [2.05, 4.69) is 20.7 Å². The Hall–Kier alpha value is -0.750. The summed E-state index contributed by atoms with van der Waals surface area (Å²) in [5, 5.41) is 0. The highest BCUT2D eigenvalue weighted by molar-refractivity contribution is 9.10. The third-order valence-electron chi connectivity index (χ3n) is 1.77. The second-order valence-electron chi connectivity index (χ2n) is 3.16. The van der Waals surface area contributed by atoms with Crippen molar-refractivity contribution in [1.82, 2.24) is 0 Å². The van der Waals surface area contributed by atoms with Gasteiger partial charge < -0.3 is 4.74 Å². The van der Waals surface area contributed by atoms with E-state index in [-0.39, 0.29) is 28.3 Å². The largest absolute Gasteiger partial charge is 0.573 e. The van der Waals surface area contributed by atoms with Gasteiger partial charge in [0.1, 0.15) is 5.75 Å². The Labute approximate surface area is 109 Å². The normalized spacial score (nSPS) is 11.4. The molecular formula is C10H7BrClF3O2. The molecule has 0 N–H and O–H groups in total. The molecule has 0 amide bonds. The summed E-state index contributed by atoms with van der Waals surface area (Å²) >= 11 is 8.27. The lowest BCUT2D eigenvalue weighted by Crippen LogP contribution is -2.17. The minimum atomic E-state index is -4.74. The fraction of sp³-hybridized carbons (Fsp3) is 0.300. The maximum atomic E-state index is 12.0. The molecule has 0 unspecified atom stereocenters. The molecular weight excluding hydrogens is 324 g/mol. The molecule has 0 spiro atoms. The van der Waals surface area contributed by atoms with Crippen molar-refractivity contribution in [1.29, 1.82) is 0 Å². The van der Waals surface area contributed by atoms with Crippen molar-refractivity contribution in [3.05, 3.63) is 28.2 Å². The van der Waals surface area contributed by atoms with E-state index in [0.29, 0.717) is 5.56 Å². The van der Waals surface area contributed by atoms with E-state index in [1.165, 1.54) is 12.1 Å². The molecule has 0 aliphatic carbocycles. The third kappa shape index (κ3) is 4.95. The van der Waals surface area contributed by atoms with Crippen molar-refractivity contribution < 1.29 is 22.7 Å². The molecule has 0 radical (unpaired) electrons. The molecule has 0 aromatic heterocycles. The van der Waals surface area contributed by atoms with Gasteiger partial charge in [-0.25, -0.2) is 0 Å². The lowest BCUT2D eigenvalue weighted by atomic mass is 10.1. The summed E-state index contributed by atoms with van der Waals surface area (Å²) in [6.45, 7) is 0. The van der Waals surface area contributed by atoms with Gasteiger partial charge in [0.25, 0.3) is 0 Å². The van der Waals surface area contributed by atoms with Crippen LogP contribution in [-0.4, -0.2) is 18.0 Å². The van der Waals surface area contributed by atoms with Gasteiger partial charge in [-0.3, -0.25) is 4.79 Å². The number of ether oxygens (including phenoxy) is 1. The van der Waals surface area contributed by atoms with E-state index in [1.54, 1.807) is 0 Å². The molecule has 17 heavy (non-hydrogen) atoms. The van der Waals surface area contributed by atoms with Crippen LogP contribution in [0.25, 0.3) is 0 Å². The molecule has 0 bridgehead atoms. The minimum absolute atomic E-state index is 0.0778. The number of carbonyl (C=O) groups is 1. The fourth-order valence-electron chi connectivity index (χ4n) is 1.14. The maximum Gasteiger partial charge on any atom is 0.573 e. The van der Waals surface area contributed by atoms with Gasteiger partial charge >= 0.3 is 6.36 Å². The Bertz CT molecular complexity index is 421. The first-order chi connectivity index (χ1) is 7.81. The molecule has 0 aliphatic heterocycles. The summed E-state index contributed by atoms with van der Waals surface area (Å²) in [6, 6.07) is 3.93. The summed E-state index contributed by atoms with van der Waals surface area (Å²) in [5.74, 6) is -0.680. The lowest BCUT2D eigenvalue weighted by Gasteiger charge is -2.11. The zero-order valence-electron chi connectivity index (χ0n) is 8.35. The van der Waals surface area contributed by atoms with Gasteiger partial charge in [-0.1, -0.05) is 6.07 Å². The zero-order chi connectivity index (χ0) is 13.1. The van der Waals surface area contributed by atoms with Crippen molar-refractivity contribution in [2.24, 2.45) is 0 Å². The van der Waals surface area contributed by atoms with E-state index in [1.807, 2.05) is 0 Å². The van der Waals surface area contributed by atoms with Crippen molar-refractivity contribution >= 4 is 33.3 Å². The van der Waals surface area contributed by atoms with Crippen molar-refractivity contribution in [2.75, 3.05) is 5.88 Å². The molecule has 0 aliphatic rings. The Kier molecular flexibility index (Phi) is 4.82. The summed E-state index contributed by atoms with van der Waals surface area (Å²) in [6.07, 6.45) is -4.66. The molecule has 94 valence electrons. The molecule has 0 fully saturated rings. The minimum Gasteiger partial charge on any atom is -0.405 e. The monoisotopic (exact) mass is 330 g/mol. The van der Waals surface area contributed by atoms with Crippen LogP contribution in [0, 0.1) is 0 Å². The highest BCUT2D eigenvalue weighted by Gasteiger charge is 2.31. The number of benzene rings is 1. The van der Waals surface area contributed by atoms with Crippen LogP contribution in [0.3, 0.4) is 0 Å². The molecule has 0 saturated heterocycles. The maximum absolute atomic E-state index is 12.0. The van der Waals surface area contributed by atoms with Gasteiger partial charge in [0.05, 0.1) is 10.4 Å². The quantitative estimate of drug-likeness (QED) is 0.787. The smallest absolute Gasteiger partial charge is 0.405 e. The predicted octanol–water partition coefficient (Wildman–Crippen LogP) is 3.70. The molecule has 2 nitrogen and oxygen atoms in total. The van der Waals surface area contributed by atoms with Crippen molar-refractivity contribution in [2.45, 2.75) is 12.8 Å². The van der Waals surface area contributed by atoms with Gasteiger partial charge in [-0.2, -0.15) is 0 Å². The fourth-order valence-corrected chi connectivity index (χ4v) is 1.74. The number of ketones is 1.